The van der Waals surface area contributed by atoms with Gasteiger partial charge < -0.3 is 14.8 Å². The summed E-state index contributed by atoms with van der Waals surface area (Å²) in [5, 5.41) is 17.4. The van der Waals surface area contributed by atoms with Crippen LogP contribution in [0, 0.1) is 10.1 Å². The molecule has 0 aliphatic carbocycles. The van der Waals surface area contributed by atoms with E-state index in [1.807, 2.05) is 30.3 Å². The molecule has 0 heterocycles. The second-order valence-electron chi connectivity index (χ2n) is 7.59. The van der Waals surface area contributed by atoms with Crippen LogP contribution in [0.1, 0.15) is 23.6 Å². The number of nitrogens with one attached hydrogen (secondary N) is 2. The van der Waals surface area contributed by atoms with E-state index in [9.17, 15) is 19.7 Å². The first-order chi connectivity index (χ1) is 17.5. The fourth-order valence-electron chi connectivity index (χ4n) is 3.21. The topological polar surface area (TPSA) is 132 Å². The Kier molecular flexibility index (Phi) is 9.51. The molecule has 2 N–H and O–H groups in total. The molecule has 0 bridgehead atoms. The fraction of sp³-hybridized carbons (Fsp3) is 0.192. The zero-order valence-electron chi connectivity index (χ0n) is 19.6. The Morgan fingerprint density at radius 2 is 1.69 bits per heavy atom. The van der Waals surface area contributed by atoms with Crippen molar-refractivity contribution in [3.05, 3.63) is 106 Å². The normalized spacial score (nSPS) is 11.5. The second-order valence-corrected chi connectivity index (χ2v) is 7.59. The number of amides is 2. The predicted molar refractivity (Wildman–Crippen MR) is 134 cm³/mol. The summed E-state index contributed by atoms with van der Waals surface area (Å²) in [6, 6.07) is 21.5. The van der Waals surface area contributed by atoms with Crippen LogP contribution in [0.3, 0.4) is 0 Å². The molecule has 0 saturated carbocycles. The molecule has 186 valence electrons. The average molecular weight is 491 g/mol. The van der Waals surface area contributed by atoms with E-state index < -0.39 is 23.0 Å². The molecule has 3 aromatic rings. The first-order valence-corrected chi connectivity index (χ1v) is 11.2. The van der Waals surface area contributed by atoms with Gasteiger partial charge in [0.2, 0.25) is 0 Å². The summed E-state index contributed by atoms with van der Waals surface area (Å²) >= 11 is 0. The molecule has 3 aromatic carbocycles. The largest absolute Gasteiger partial charge is 0.488 e. The van der Waals surface area contributed by atoms with Gasteiger partial charge in [0.15, 0.2) is 0 Å². The standard InChI is InChI=1S/C26H26N4O6/c1-2-35-26(32)28-23(16-19-8-4-3-5-9-19)25(31)29-27-17-21-10-6-7-11-24(21)36-18-20-12-14-22(15-13-20)30(33)34/h3-15,17,23H,2,16,18H2,1H3,(H,28,32)(H,29,31)/b27-17-/t23-/m0/s1. The summed E-state index contributed by atoms with van der Waals surface area (Å²) in [5.41, 5.74) is 4.69. The van der Waals surface area contributed by atoms with Crippen molar-refractivity contribution in [2.45, 2.75) is 26.0 Å². The number of para-hydroxylation sites is 1. The van der Waals surface area contributed by atoms with E-state index in [4.69, 9.17) is 9.47 Å². The molecule has 0 aliphatic heterocycles. The summed E-state index contributed by atoms with van der Waals surface area (Å²) in [4.78, 5) is 35.0. The van der Waals surface area contributed by atoms with Crippen molar-refractivity contribution in [2.24, 2.45) is 5.10 Å². The van der Waals surface area contributed by atoms with Crippen LogP contribution in [0.5, 0.6) is 5.75 Å². The fourth-order valence-corrected chi connectivity index (χ4v) is 3.21. The SMILES string of the molecule is CCOC(=O)N[C@@H](Cc1ccccc1)C(=O)N/N=C\c1ccccc1OCc1ccc([N+](=O)[O-])cc1. The number of ether oxygens (including phenoxy) is 2. The van der Waals surface area contributed by atoms with Crippen LogP contribution in [0.4, 0.5) is 10.5 Å². The van der Waals surface area contributed by atoms with Crippen LogP contribution in [0.15, 0.2) is 84.0 Å². The number of nitro groups is 1. The molecule has 0 saturated heterocycles. The number of rotatable bonds is 11. The number of nitro benzene ring substituents is 1. The molecule has 2 amide bonds. The van der Waals surface area contributed by atoms with Crippen molar-refractivity contribution in [1.29, 1.82) is 0 Å². The van der Waals surface area contributed by atoms with E-state index in [2.05, 4.69) is 15.8 Å². The third-order valence-electron chi connectivity index (χ3n) is 5.01. The van der Waals surface area contributed by atoms with E-state index in [1.54, 1.807) is 43.3 Å². The van der Waals surface area contributed by atoms with Crippen molar-refractivity contribution in [3.63, 3.8) is 0 Å². The molecule has 3 rings (SSSR count). The molecule has 0 radical (unpaired) electrons. The van der Waals surface area contributed by atoms with Gasteiger partial charge in [-0.05, 0) is 42.3 Å². The lowest BCUT2D eigenvalue weighted by atomic mass is 10.1. The van der Waals surface area contributed by atoms with Gasteiger partial charge in [0.1, 0.15) is 18.4 Å². The van der Waals surface area contributed by atoms with Gasteiger partial charge in [-0.15, -0.1) is 0 Å². The maximum absolute atomic E-state index is 12.8. The van der Waals surface area contributed by atoms with E-state index >= 15 is 0 Å². The number of alkyl carbamates (subject to hydrolysis) is 1. The lowest BCUT2D eigenvalue weighted by Gasteiger charge is -2.17. The quantitative estimate of drug-likeness (QED) is 0.237. The first-order valence-electron chi connectivity index (χ1n) is 11.2. The number of nitrogens with zero attached hydrogens (tertiary/aromatic N) is 2. The Bertz CT molecular complexity index is 1200. The van der Waals surface area contributed by atoms with Crippen LogP contribution >= 0.6 is 0 Å². The molecule has 1 atom stereocenters. The summed E-state index contributed by atoms with van der Waals surface area (Å²) in [7, 11) is 0. The molecule has 0 unspecified atom stereocenters. The Hall–Kier alpha value is -4.73. The molecule has 0 aromatic heterocycles. The Morgan fingerprint density at radius 3 is 2.39 bits per heavy atom. The number of benzene rings is 3. The van der Waals surface area contributed by atoms with Crippen LogP contribution in [-0.4, -0.2) is 35.8 Å². The molecule has 0 spiro atoms. The van der Waals surface area contributed by atoms with Crippen molar-refractivity contribution in [1.82, 2.24) is 10.7 Å². The highest BCUT2D eigenvalue weighted by molar-refractivity contribution is 5.88. The summed E-state index contributed by atoms with van der Waals surface area (Å²) in [6.07, 6.45) is 1.01. The van der Waals surface area contributed by atoms with Gasteiger partial charge in [-0.25, -0.2) is 10.2 Å². The Balaban J connectivity index is 1.63. The molecule has 10 heteroatoms. The lowest BCUT2D eigenvalue weighted by Crippen LogP contribution is -2.47. The highest BCUT2D eigenvalue weighted by Crippen LogP contribution is 2.19. The number of hydrazone groups is 1. The Labute approximate surface area is 208 Å². The number of carbonyl (C=O) groups is 2. The maximum atomic E-state index is 12.8. The molecular weight excluding hydrogens is 464 g/mol. The van der Waals surface area contributed by atoms with Crippen LogP contribution in [0.2, 0.25) is 0 Å². The molecular formula is C26H26N4O6. The van der Waals surface area contributed by atoms with Gasteiger partial charge >= 0.3 is 6.09 Å². The summed E-state index contributed by atoms with van der Waals surface area (Å²) in [6.45, 7) is 2.05. The van der Waals surface area contributed by atoms with Gasteiger partial charge in [-0.2, -0.15) is 5.10 Å². The first kappa shape index (κ1) is 25.9. The van der Waals surface area contributed by atoms with Crippen molar-refractivity contribution in [3.8, 4) is 5.75 Å². The average Bonchev–Trinajstić information content (AvgIpc) is 2.88. The number of hydrogen-bond acceptors (Lipinski definition) is 7. The third kappa shape index (κ3) is 7.94. The maximum Gasteiger partial charge on any atom is 0.407 e. The van der Waals surface area contributed by atoms with Gasteiger partial charge in [0.05, 0.1) is 17.7 Å². The minimum Gasteiger partial charge on any atom is -0.488 e. The minimum absolute atomic E-state index is 0.00467. The smallest absolute Gasteiger partial charge is 0.407 e. The summed E-state index contributed by atoms with van der Waals surface area (Å²) < 4.78 is 10.8. The van der Waals surface area contributed by atoms with Crippen LogP contribution in [0.25, 0.3) is 0 Å². The number of non-ortho nitro benzene ring substituents is 1. The minimum atomic E-state index is -0.891. The van der Waals surface area contributed by atoms with Gasteiger partial charge in [-0.3, -0.25) is 14.9 Å². The van der Waals surface area contributed by atoms with Gasteiger partial charge in [-0.1, -0.05) is 42.5 Å². The number of carbonyl (C=O) groups excluding carboxylic acids is 2. The van der Waals surface area contributed by atoms with Crippen LogP contribution in [-0.2, 0) is 22.6 Å². The van der Waals surface area contributed by atoms with Crippen LogP contribution < -0.4 is 15.5 Å². The second kappa shape index (κ2) is 13.2. The molecule has 0 aliphatic rings. The Morgan fingerprint density at radius 1 is 1.00 bits per heavy atom. The van der Waals surface area contributed by atoms with Crippen molar-refractivity contribution in [2.75, 3.05) is 6.61 Å². The highest BCUT2D eigenvalue weighted by atomic mass is 16.6. The van der Waals surface area contributed by atoms with E-state index in [0.29, 0.717) is 11.3 Å². The van der Waals surface area contributed by atoms with Crippen molar-refractivity contribution < 1.29 is 24.0 Å². The zero-order chi connectivity index (χ0) is 25.8. The highest BCUT2D eigenvalue weighted by Gasteiger charge is 2.21. The lowest BCUT2D eigenvalue weighted by molar-refractivity contribution is -0.384. The molecule has 0 fully saturated rings. The summed E-state index contributed by atoms with van der Waals surface area (Å²) in [5.74, 6) is 0.00627. The molecule has 10 nitrogen and oxygen atoms in total. The van der Waals surface area contributed by atoms with E-state index in [0.717, 1.165) is 11.1 Å². The van der Waals surface area contributed by atoms with Crippen molar-refractivity contribution >= 4 is 23.9 Å². The van der Waals surface area contributed by atoms with E-state index in [1.165, 1.54) is 18.3 Å². The third-order valence-corrected chi connectivity index (χ3v) is 5.01. The van der Waals surface area contributed by atoms with Gasteiger partial charge in [0.25, 0.3) is 11.6 Å². The zero-order valence-corrected chi connectivity index (χ0v) is 19.6. The van der Waals surface area contributed by atoms with Gasteiger partial charge in [0, 0.05) is 24.1 Å². The van der Waals surface area contributed by atoms with E-state index in [-0.39, 0.29) is 25.3 Å². The molecule has 36 heavy (non-hydrogen) atoms. The monoisotopic (exact) mass is 490 g/mol. The predicted octanol–water partition coefficient (Wildman–Crippen LogP) is 3.98. The number of hydrogen-bond donors (Lipinski definition) is 2.